The van der Waals surface area contributed by atoms with Crippen molar-refractivity contribution in [3.63, 3.8) is 0 Å². The molecule has 6 rings (SSSR count). The molecule has 0 bridgehead atoms. The van der Waals surface area contributed by atoms with E-state index >= 15 is 0 Å². The number of Topliss-reactive ketones (excluding diaryl/α,β-unsaturated/α-hetero) is 1. The molecule has 0 unspecified atom stereocenters. The lowest BCUT2D eigenvalue weighted by atomic mass is 10.1. The average Bonchev–Trinajstić information content (AvgIpc) is 3.36. The van der Waals surface area contributed by atoms with Crippen molar-refractivity contribution < 1.29 is 9.59 Å². The molecule has 0 atom stereocenters. The number of carbonyl (C=O) groups excluding carboxylic acids is 2. The molecule has 4 aromatic carbocycles. The van der Waals surface area contributed by atoms with Crippen molar-refractivity contribution in [2.45, 2.75) is 13.8 Å². The van der Waals surface area contributed by atoms with Gasteiger partial charge in [-0.3, -0.25) is 9.59 Å². The van der Waals surface area contributed by atoms with Crippen LogP contribution in [0.2, 0.25) is 0 Å². The molecule has 0 N–H and O–H groups in total. The van der Waals surface area contributed by atoms with Gasteiger partial charge in [-0.15, -0.1) is 0 Å². The minimum atomic E-state index is -1.72. The lowest BCUT2D eigenvalue weighted by molar-refractivity contribution is -0.109. The van der Waals surface area contributed by atoms with Crippen LogP contribution in [-0.2, 0) is 18.9 Å². The van der Waals surface area contributed by atoms with E-state index in [1.807, 2.05) is 30.3 Å². The van der Waals surface area contributed by atoms with Crippen LogP contribution in [0.1, 0.15) is 24.2 Å². The van der Waals surface area contributed by atoms with E-state index in [1.165, 1.54) is 39.6 Å². The van der Waals surface area contributed by atoms with Crippen molar-refractivity contribution in [1.82, 2.24) is 9.13 Å². The molecule has 0 radical (unpaired) electrons. The summed E-state index contributed by atoms with van der Waals surface area (Å²) < 4.78 is 4.40. The van der Waals surface area contributed by atoms with Crippen molar-refractivity contribution in [3.05, 3.63) is 96.6 Å². The first-order valence-corrected chi connectivity index (χ1v) is 17.6. The summed E-state index contributed by atoms with van der Waals surface area (Å²) in [7, 11) is 19.0. The van der Waals surface area contributed by atoms with Crippen molar-refractivity contribution in [2.75, 3.05) is 0 Å². The number of para-hydroxylation sites is 3. The highest BCUT2D eigenvalue weighted by Crippen LogP contribution is 2.29. The van der Waals surface area contributed by atoms with E-state index in [1.54, 1.807) is 6.92 Å². The van der Waals surface area contributed by atoms with E-state index in [0.717, 1.165) is 16.5 Å². The standard InChI is InChI=1S/C15H13NO.C13H11N.C2H3ClO.Al.3ClH/c1-10(17)11-7-8-15-13(9-11)12-5-3-4-6-14(12)16(15)2;1-14-12-8-4-2-6-10(12)11-7-3-5-9-13(11)14;1-2(3)4;;;;/h3-9H,1-2H3;2-9H,1H3;1H3;;3*1H/q;;;+3;;;/p-3. The summed E-state index contributed by atoms with van der Waals surface area (Å²) in [5.41, 5.74) is 5.73. The summed E-state index contributed by atoms with van der Waals surface area (Å²) in [6.07, 6.45) is 0. The Hall–Kier alpha value is -2.49. The largest absolute Gasteiger partial charge is 0.643 e. The second kappa shape index (κ2) is 14.2. The molecule has 4 nitrogen and oxygen atoms in total. The monoisotopic (exact) mass is 614 g/mol. The highest BCUT2D eigenvalue weighted by molar-refractivity contribution is 7.54. The van der Waals surface area contributed by atoms with Crippen molar-refractivity contribution >= 4 is 108 Å². The van der Waals surface area contributed by atoms with Gasteiger partial charge in [0.2, 0.25) is 5.24 Å². The third-order valence-corrected chi connectivity index (χ3v) is 6.14. The number of halogens is 4. The fourth-order valence-electron chi connectivity index (χ4n) is 4.50. The zero-order chi connectivity index (χ0) is 28.7. The maximum Gasteiger partial charge on any atom is 0.643 e. The topological polar surface area (TPSA) is 44.0 Å². The summed E-state index contributed by atoms with van der Waals surface area (Å²) in [6, 6.07) is 31.2. The Morgan fingerprint density at radius 2 is 0.897 bits per heavy atom. The van der Waals surface area contributed by atoms with Gasteiger partial charge >= 0.3 is 11.4 Å². The zero-order valence-corrected chi connectivity index (χ0v) is 26.1. The number of aryl methyl sites for hydroxylation is 2. The number of carbonyl (C=O) groups is 2. The summed E-state index contributed by atoms with van der Waals surface area (Å²) in [6.45, 7) is 2.90. The van der Waals surface area contributed by atoms with Gasteiger partial charge < -0.3 is 9.13 Å². The van der Waals surface area contributed by atoms with E-state index < -0.39 is 11.4 Å². The van der Waals surface area contributed by atoms with Gasteiger partial charge in [-0.25, -0.2) is 30.1 Å². The Bertz CT molecular complexity index is 1700. The highest BCUT2D eigenvalue weighted by atomic mass is 35.8. The fourth-order valence-corrected chi connectivity index (χ4v) is 4.50. The Labute approximate surface area is 249 Å². The molecule has 0 fully saturated rings. The number of hydrogen-bond donors (Lipinski definition) is 0. The van der Waals surface area contributed by atoms with Gasteiger partial charge in [0.1, 0.15) is 0 Å². The van der Waals surface area contributed by atoms with Gasteiger partial charge in [0.05, 0.1) is 0 Å². The van der Waals surface area contributed by atoms with E-state index in [4.69, 9.17) is 30.1 Å². The van der Waals surface area contributed by atoms with Gasteiger partial charge in [0.15, 0.2) is 5.78 Å². The number of benzene rings is 4. The molecule has 0 aliphatic rings. The normalized spacial score (nSPS) is 10.3. The predicted molar refractivity (Wildman–Crippen MR) is 171 cm³/mol. The molecule has 0 aliphatic carbocycles. The second-order valence-electron chi connectivity index (χ2n) is 8.68. The first kappa shape index (κ1) is 31.0. The molecule has 2 aromatic heterocycles. The number of rotatable bonds is 1. The summed E-state index contributed by atoms with van der Waals surface area (Å²) >= 11 is 2.91. The van der Waals surface area contributed by atoms with Crippen LogP contribution in [0, 0.1) is 0 Å². The van der Waals surface area contributed by atoms with Gasteiger partial charge in [0, 0.05) is 70.2 Å². The van der Waals surface area contributed by atoms with Crippen LogP contribution in [0.3, 0.4) is 0 Å². The number of ketones is 1. The molecule has 9 heteroatoms. The van der Waals surface area contributed by atoms with Gasteiger partial charge in [-0.2, -0.15) is 0 Å². The zero-order valence-electron chi connectivity index (χ0n) is 22.0. The Balaban J connectivity index is 0.000000172. The smallest absolute Gasteiger partial charge is 0.344 e. The van der Waals surface area contributed by atoms with Crippen molar-refractivity contribution in [1.29, 1.82) is 0 Å². The van der Waals surface area contributed by atoms with Crippen molar-refractivity contribution in [3.8, 4) is 0 Å². The lowest BCUT2D eigenvalue weighted by Gasteiger charge is -1.98. The quantitative estimate of drug-likeness (QED) is 0.105. The predicted octanol–water partition coefficient (Wildman–Crippen LogP) is 9.32. The molecular formula is C30H27AlCl4N2O2. The number of nitrogens with zero attached hydrogens (tertiary/aromatic N) is 2. The highest BCUT2D eigenvalue weighted by Gasteiger charge is 2.09. The molecule has 0 aliphatic heterocycles. The van der Waals surface area contributed by atoms with E-state index in [2.05, 4.69) is 95.5 Å². The molecule has 2 heterocycles. The Kier molecular flexibility index (Phi) is 11.3. The van der Waals surface area contributed by atoms with Crippen LogP contribution in [0.15, 0.2) is 91.0 Å². The average molecular weight is 616 g/mol. The van der Waals surface area contributed by atoms with Crippen LogP contribution >= 0.6 is 41.7 Å². The number of fused-ring (bicyclic) bond motifs is 6. The molecule has 0 saturated heterocycles. The molecular weight excluding hydrogens is 589 g/mol. The summed E-state index contributed by atoms with van der Waals surface area (Å²) in [4.78, 5) is 20.6. The molecule has 0 spiro atoms. The van der Waals surface area contributed by atoms with Crippen LogP contribution in [0.5, 0.6) is 0 Å². The SMILES string of the molecule is CC(=O)Cl.CC(=O)c1ccc2c(c1)c1ccccc1n2C.Cn1c2ccccc2c2ccccc21.[Cl][Al]([Cl])[Cl]. The van der Waals surface area contributed by atoms with Crippen LogP contribution < -0.4 is 0 Å². The molecule has 6 aromatic rings. The van der Waals surface area contributed by atoms with Crippen LogP contribution in [0.4, 0.5) is 0 Å². The lowest BCUT2D eigenvalue weighted by Crippen LogP contribution is -1.91. The Morgan fingerprint density at radius 3 is 1.26 bits per heavy atom. The maximum absolute atomic E-state index is 11.4. The van der Waals surface area contributed by atoms with Gasteiger partial charge in [-0.1, -0.05) is 54.6 Å². The minimum Gasteiger partial charge on any atom is -0.344 e. The molecule has 39 heavy (non-hydrogen) atoms. The maximum atomic E-state index is 11.4. The molecule has 200 valence electrons. The first-order valence-electron chi connectivity index (χ1n) is 12.0. The summed E-state index contributed by atoms with van der Waals surface area (Å²) in [5.74, 6) is 0.111. The van der Waals surface area contributed by atoms with Gasteiger partial charge in [-0.05, 0) is 54.9 Å². The minimum absolute atomic E-state index is 0.111. The second-order valence-corrected chi connectivity index (χ2v) is 15.6. The molecule has 0 amide bonds. The third kappa shape index (κ3) is 7.80. The van der Waals surface area contributed by atoms with Crippen molar-refractivity contribution in [2.24, 2.45) is 14.1 Å². The van der Waals surface area contributed by atoms with E-state index in [-0.39, 0.29) is 11.0 Å². The first-order chi connectivity index (χ1) is 18.5. The summed E-state index contributed by atoms with van der Waals surface area (Å²) in [5, 5.41) is 4.67. The number of hydrogen-bond acceptors (Lipinski definition) is 2. The van der Waals surface area contributed by atoms with Gasteiger partial charge in [0.25, 0.3) is 0 Å². The Morgan fingerprint density at radius 1 is 0.590 bits per heavy atom. The molecule has 0 saturated carbocycles. The fraction of sp³-hybridized carbons (Fsp3) is 0.133. The third-order valence-electron chi connectivity index (χ3n) is 6.14. The van der Waals surface area contributed by atoms with E-state index in [9.17, 15) is 9.59 Å². The van der Waals surface area contributed by atoms with Crippen LogP contribution in [-0.4, -0.2) is 31.5 Å². The number of aromatic nitrogens is 2. The van der Waals surface area contributed by atoms with E-state index in [0.29, 0.717) is 0 Å². The van der Waals surface area contributed by atoms with Crippen LogP contribution in [0.25, 0.3) is 43.6 Å².